The zero-order chi connectivity index (χ0) is 9.35. The lowest BCUT2D eigenvalue weighted by Crippen LogP contribution is -2.24. The summed E-state index contributed by atoms with van der Waals surface area (Å²) in [5.74, 6) is 0.538. The molecule has 0 heterocycles. The maximum Gasteiger partial charge on any atom is 0.159 e. The van der Waals surface area contributed by atoms with Crippen LogP contribution in [0.15, 0.2) is 24.3 Å². The monoisotopic (exact) mass is 164 g/mol. The Morgan fingerprint density at radius 3 is 2.50 bits per heavy atom. The molecule has 0 saturated heterocycles. The van der Waals surface area contributed by atoms with Crippen LogP contribution in [0.2, 0.25) is 0 Å². The molecule has 1 nitrogen and oxygen atoms in total. The molecule has 0 N–H and O–H groups in total. The average molecular weight is 164 g/mol. The highest BCUT2D eigenvalue weighted by Gasteiger charge is 2.27. The SMILES string of the molecule is C=C1CC(=O)C=CC1C(C)(C)C. The van der Waals surface area contributed by atoms with Gasteiger partial charge in [0.2, 0.25) is 0 Å². The van der Waals surface area contributed by atoms with Crippen LogP contribution in [0.25, 0.3) is 0 Å². The highest BCUT2D eigenvalue weighted by Crippen LogP contribution is 2.35. The lowest BCUT2D eigenvalue weighted by molar-refractivity contribution is -0.114. The summed E-state index contributed by atoms with van der Waals surface area (Å²) in [6.07, 6.45) is 4.19. The van der Waals surface area contributed by atoms with Crippen molar-refractivity contribution in [1.29, 1.82) is 0 Å². The van der Waals surface area contributed by atoms with E-state index in [0.29, 0.717) is 12.3 Å². The summed E-state index contributed by atoms with van der Waals surface area (Å²) < 4.78 is 0. The highest BCUT2D eigenvalue weighted by atomic mass is 16.1. The number of carbonyl (C=O) groups is 1. The molecule has 0 aromatic rings. The smallest absolute Gasteiger partial charge is 0.159 e. The summed E-state index contributed by atoms with van der Waals surface area (Å²) in [6.45, 7) is 10.4. The van der Waals surface area contributed by atoms with E-state index in [2.05, 4.69) is 27.4 Å². The summed E-state index contributed by atoms with van der Waals surface area (Å²) in [5, 5.41) is 0. The third-order valence-electron chi connectivity index (χ3n) is 2.25. The highest BCUT2D eigenvalue weighted by molar-refractivity contribution is 5.92. The van der Waals surface area contributed by atoms with Crippen molar-refractivity contribution >= 4 is 5.78 Å². The fourth-order valence-corrected chi connectivity index (χ4v) is 1.63. The van der Waals surface area contributed by atoms with E-state index < -0.39 is 0 Å². The van der Waals surface area contributed by atoms with E-state index in [9.17, 15) is 4.79 Å². The summed E-state index contributed by atoms with van der Waals surface area (Å²) >= 11 is 0. The van der Waals surface area contributed by atoms with Gasteiger partial charge in [-0.3, -0.25) is 4.79 Å². The molecule has 0 fully saturated rings. The lowest BCUT2D eigenvalue weighted by atomic mass is 9.73. The number of hydrogen-bond acceptors (Lipinski definition) is 1. The molecule has 0 aromatic heterocycles. The third kappa shape index (κ3) is 1.84. The molecule has 1 rings (SSSR count). The quantitative estimate of drug-likeness (QED) is 0.503. The van der Waals surface area contributed by atoms with Crippen LogP contribution in [0.4, 0.5) is 0 Å². The van der Waals surface area contributed by atoms with E-state index in [0.717, 1.165) is 5.57 Å². The van der Waals surface area contributed by atoms with Crippen LogP contribution in [-0.2, 0) is 4.79 Å². The molecule has 0 amide bonds. The van der Waals surface area contributed by atoms with Crippen molar-refractivity contribution in [2.75, 3.05) is 0 Å². The van der Waals surface area contributed by atoms with Gasteiger partial charge in [-0.2, -0.15) is 0 Å². The predicted octanol–water partition coefficient (Wildman–Crippen LogP) is 2.73. The molecule has 1 heteroatoms. The van der Waals surface area contributed by atoms with Crippen molar-refractivity contribution in [2.45, 2.75) is 27.2 Å². The second-order valence-electron chi connectivity index (χ2n) is 4.50. The van der Waals surface area contributed by atoms with Gasteiger partial charge >= 0.3 is 0 Å². The molecular weight excluding hydrogens is 148 g/mol. The predicted molar refractivity (Wildman–Crippen MR) is 50.8 cm³/mol. The molecule has 1 atom stereocenters. The summed E-state index contributed by atoms with van der Waals surface area (Å²) in [5.41, 5.74) is 1.24. The van der Waals surface area contributed by atoms with Gasteiger partial charge in [-0.15, -0.1) is 0 Å². The molecule has 0 bridgehead atoms. The van der Waals surface area contributed by atoms with Crippen LogP contribution in [-0.4, -0.2) is 5.78 Å². The molecule has 66 valence electrons. The van der Waals surface area contributed by atoms with Gasteiger partial charge in [0.25, 0.3) is 0 Å². The molecule has 0 saturated carbocycles. The normalized spacial score (nSPS) is 24.8. The molecule has 0 aromatic carbocycles. The van der Waals surface area contributed by atoms with Crippen LogP contribution >= 0.6 is 0 Å². The Labute approximate surface area is 74.2 Å². The van der Waals surface area contributed by atoms with Crippen LogP contribution < -0.4 is 0 Å². The van der Waals surface area contributed by atoms with Crippen LogP contribution in [0.3, 0.4) is 0 Å². The van der Waals surface area contributed by atoms with Crippen molar-refractivity contribution in [2.24, 2.45) is 11.3 Å². The molecular formula is C11H16O. The first-order chi connectivity index (χ1) is 5.41. The van der Waals surface area contributed by atoms with Crippen LogP contribution in [0.5, 0.6) is 0 Å². The van der Waals surface area contributed by atoms with Gasteiger partial charge in [0, 0.05) is 12.3 Å². The van der Waals surface area contributed by atoms with E-state index in [4.69, 9.17) is 0 Å². The van der Waals surface area contributed by atoms with Crippen LogP contribution in [0, 0.1) is 11.3 Å². The molecule has 1 aliphatic carbocycles. The van der Waals surface area contributed by atoms with Crippen LogP contribution in [0.1, 0.15) is 27.2 Å². The topological polar surface area (TPSA) is 17.1 Å². The van der Waals surface area contributed by atoms with Crippen molar-refractivity contribution in [3.8, 4) is 0 Å². The maximum absolute atomic E-state index is 11.0. The second kappa shape index (κ2) is 2.89. The number of hydrogen-bond donors (Lipinski definition) is 0. The van der Waals surface area contributed by atoms with Crippen molar-refractivity contribution in [3.05, 3.63) is 24.3 Å². The first-order valence-corrected chi connectivity index (χ1v) is 4.30. The van der Waals surface area contributed by atoms with E-state index in [1.165, 1.54) is 0 Å². The summed E-state index contributed by atoms with van der Waals surface area (Å²) in [4.78, 5) is 11.0. The standard InChI is InChI=1S/C11H16O/c1-8-7-9(12)5-6-10(8)11(2,3)4/h5-6,10H,1,7H2,2-4H3. The number of rotatable bonds is 0. The van der Waals surface area contributed by atoms with Gasteiger partial charge in [-0.05, 0) is 11.5 Å². The van der Waals surface area contributed by atoms with E-state index >= 15 is 0 Å². The van der Waals surface area contributed by atoms with Crippen molar-refractivity contribution in [1.82, 2.24) is 0 Å². The molecule has 0 aliphatic heterocycles. The van der Waals surface area contributed by atoms with Gasteiger partial charge in [0.05, 0.1) is 0 Å². The lowest BCUT2D eigenvalue weighted by Gasteiger charge is -2.31. The number of ketones is 1. The molecule has 1 aliphatic rings. The Kier molecular flexibility index (Phi) is 2.22. The Morgan fingerprint density at radius 1 is 1.50 bits per heavy atom. The van der Waals surface area contributed by atoms with Gasteiger partial charge in [0.15, 0.2) is 5.78 Å². The minimum atomic E-state index is 0.181. The van der Waals surface area contributed by atoms with Gasteiger partial charge in [-0.25, -0.2) is 0 Å². The fraction of sp³-hybridized carbons (Fsp3) is 0.545. The second-order valence-corrected chi connectivity index (χ2v) is 4.50. The van der Waals surface area contributed by atoms with Gasteiger partial charge in [-0.1, -0.05) is 39.0 Å². The zero-order valence-corrected chi connectivity index (χ0v) is 8.05. The molecule has 0 radical (unpaired) electrons. The molecule has 1 unspecified atom stereocenters. The Morgan fingerprint density at radius 2 is 2.08 bits per heavy atom. The average Bonchev–Trinajstić information content (AvgIpc) is 1.83. The number of carbonyl (C=O) groups excluding carboxylic acids is 1. The Bertz CT molecular complexity index is 240. The van der Waals surface area contributed by atoms with E-state index in [1.54, 1.807) is 6.08 Å². The largest absolute Gasteiger partial charge is 0.295 e. The first-order valence-electron chi connectivity index (χ1n) is 4.30. The fourth-order valence-electron chi connectivity index (χ4n) is 1.63. The minimum absolute atomic E-state index is 0.181. The van der Waals surface area contributed by atoms with Crippen molar-refractivity contribution < 1.29 is 4.79 Å². The minimum Gasteiger partial charge on any atom is -0.295 e. The Balaban J connectivity index is 2.87. The number of allylic oxidation sites excluding steroid dienone is 3. The molecule has 0 spiro atoms. The Hall–Kier alpha value is -0.850. The van der Waals surface area contributed by atoms with Crippen molar-refractivity contribution in [3.63, 3.8) is 0 Å². The van der Waals surface area contributed by atoms with E-state index in [1.807, 2.05) is 6.08 Å². The summed E-state index contributed by atoms with van der Waals surface area (Å²) in [7, 11) is 0. The zero-order valence-electron chi connectivity index (χ0n) is 8.05. The third-order valence-corrected chi connectivity index (χ3v) is 2.25. The van der Waals surface area contributed by atoms with Gasteiger partial charge in [0.1, 0.15) is 0 Å². The summed E-state index contributed by atoms with van der Waals surface area (Å²) in [6, 6.07) is 0. The van der Waals surface area contributed by atoms with E-state index in [-0.39, 0.29) is 11.2 Å². The first kappa shape index (κ1) is 9.24. The molecule has 12 heavy (non-hydrogen) atoms. The van der Waals surface area contributed by atoms with Gasteiger partial charge < -0.3 is 0 Å². The maximum atomic E-state index is 11.0.